The van der Waals surface area contributed by atoms with Crippen molar-refractivity contribution in [2.75, 3.05) is 0 Å². The fraction of sp³-hybridized carbons (Fsp3) is 0.300. The summed E-state index contributed by atoms with van der Waals surface area (Å²) in [4.78, 5) is 24.8. The van der Waals surface area contributed by atoms with Crippen molar-refractivity contribution in [2.24, 2.45) is 0 Å². The molecule has 2 aromatic rings. The number of nitrogens with one attached hydrogen (secondary N) is 2. The van der Waals surface area contributed by atoms with Gasteiger partial charge in [-0.3, -0.25) is 9.59 Å². The molecule has 6 nitrogen and oxygen atoms in total. The number of phenolic OH excluding ortho intramolecular Hbond substituents is 2. The molecule has 6 heteroatoms. The molecule has 0 spiro atoms. The summed E-state index contributed by atoms with van der Waals surface area (Å²) in [5, 5.41) is 25.1. The van der Waals surface area contributed by atoms with Crippen LogP contribution in [0.1, 0.15) is 53.3 Å². The molecule has 4 N–H and O–H groups in total. The highest BCUT2D eigenvalue weighted by Gasteiger charge is 2.19. The van der Waals surface area contributed by atoms with Crippen LogP contribution < -0.4 is 10.6 Å². The Morgan fingerprint density at radius 2 is 1.31 bits per heavy atom. The minimum absolute atomic E-state index is 0.121. The van der Waals surface area contributed by atoms with Crippen molar-refractivity contribution in [3.05, 3.63) is 59.7 Å². The van der Waals surface area contributed by atoms with Crippen LogP contribution in [0, 0.1) is 0 Å². The standard InChI is InChI=1S/C20H24N2O4/c1-2-3-4-13-18(21-19(25)14-9-5-7-11-16(14)23)22-20(26)15-10-6-8-12-17(15)24/h5-12,18,23-24H,2-4,13H2,1H3,(H,21,25)(H,22,26). The smallest absolute Gasteiger partial charge is 0.256 e. The van der Waals surface area contributed by atoms with Crippen LogP contribution in [-0.4, -0.2) is 28.2 Å². The van der Waals surface area contributed by atoms with E-state index in [4.69, 9.17) is 0 Å². The van der Waals surface area contributed by atoms with E-state index in [9.17, 15) is 19.8 Å². The molecule has 2 rings (SSSR count). The molecule has 0 atom stereocenters. The quantitative estimate of drug-likeness (QED) is 0.431. The largest absolute Gasteiger partial charge is 0.507 e. The lowest BCUT2D eigenvalue weighted by Gasteiger charge is -2.21. The Morgan fingerprint density at radius 3 is 1.73 bits per heavy atom. The average molecular weight is 356 g/mol. The number of carbonyl (C=O) groups excluding carboxylic acids is 2. The zero-order chi connectivity index (χ0) is 18.9. The lowest BCUT2D eigenvalue weighted by molar-refractivity contribution is 0.0876. The van der Waals surface area contributed by atoms with E-state index in [2.05, 4.69) is 17.6 Å². The number of para-hydroxylation sites is 2. The molecule has 2 aromatic carbocycles. The third kappa shape index (κ3) is 5.24. The number of aromatic hydroxyl groups is 2. The molecule has 0 bridgehead atoms. The fourth-order valence-corrected chi connectivity index (χ4v) is 2.58. The Kier molecular flexibility index (Phi) is 7.02. The summed E-state index contributed by atoms with van der Waals surface area (Å²) < 4.78 is 0. The third-order valence-corrected chi connectivity index (χ3v) is 4.00. The molecule has 0 fully saturated rings. The van der Waals surface area contributed by atoms with E-state index < -0.39 is 18.0 Å². The third-order valence-electron chi connectivity index (χ3n) is 4.00. The first-order valence-electron chi connectivity index (χ1n) is 8.70. The number of benzene rings is 2. The number of rotatable bonds is 8. The van der Waals surface area contributed by atoms with Crippen LogP contribution in [0.15, 0.2) is 48.5 Å². The van der Waals surface area contributed by atoms with Crippen LogP contribution in [0.4, 0.5) is 0 Å². The topological polar surface area (TPSA) is 98.7 Å². The zero-order valence-corrected chi connectivity index (χ0v) is 14.7. The second-order valence-corrected chi connectivity index (χ2v) is 6.03. The minimum atomic E-state index is -0.610. The van der Waals surface area contributed by atoms with Gasteiger partial charge in [0.25, 0.3) is 11.8 Å². The Labute approximate surface area is 152 Å². The van der Waals surface area contributed by atoms with Gasteiger partial charge in [-0.15, -0.1) is 0 Å². The predicted molar refractivity (Wildman–Crippen MR) is 99.1 cm³/mol. The molecular weight excluding hydrogens is 332 g/mol. The van der Waals surface area contributed by atoms with Crippen molar-refractivity contribution in [1.82, 2.24) is 10.6 Å². The summed E-state index contributed by atoms with van der Waals surface area (Å²) in [6.45, 7) is 2.07. The monoisotopic (exact) mass is 356 g/mol. The van der Waals surface area contributed by atoms with Crippen molar-refractivity contribution >= 4 is 11.8 Å². The zero-order valence-electron chi connectivity index (χ0n) is 14.7. The van der Waals surface area contributed by atoms with Crippen LogP contribution in [0.2, 0.25) is 0 Å². The molecule has 138 valence electrons. The summed E-state index contributed by atoms with van der Waals surface area (Å²) in [7, 11) is 0. The van der Waals surface area contributed by atoms with Crippen molar-refractivity contribution < 1.29 is 19.8 Å². The highest BCUT2D eigenvalue weighted by atomic mass is 16.3. The second-order valence-electron chi connectivity index (χ2n) is 6.03. The number of hydrogen-bond acceptors (Lipinski definition) is 4. The van der Waals surface area contributed by atoms with Gasteiger partial charge in [-0.25, -0.2) is 0 Å². The van der Waals surface area contributed by atoms with Gasteiger partial charge in [0.2, 0.25) is 0 Å². The van der Waals surface area contributed by atoms with Crippen molar-refractivity contribution in [2.45, 2.75) is 38.8 Å². The van der Waals surface area contributed by atoms with Crippen LogP contribution in [0.5, 0.6) is 11.5 Å². The van der Waals surface area contributed by atoms with Gasteiger partial charge in [0.1, 0.15) is 17.7 Å². The maximum Gasteiger partial charge on any atom is 0.256 e. The normalized spacial score (nSPS) is 10.5. The molecule has 0 heterocycles. The van der Waals surface area contributed by atoms with Gasteiger partial charge >= 0.3 is 0 Å². The summed E-state index contributed by atoms with van der Waals surface area (Å²) in [5.74, 6) is -1.18. The molecule has 0 aliphatic heterocycles. The molecule has 26 heavy (non-hydrogen) atoms. The highest BCUT2D eigenvalue weighted by molar-refractivity contribution is 5.99. The molecule has 0 aliphatic carbocycles. The van der Waals surface area contributed by atoms with Gasteiger partial charge < -0.3 is 20.8 Å². The van der Waals surface area contributed by atoms with E-state index in [0.29, 0.717) is 6.42 Å². The Morgan fingerprint density at radius 1 is 0.846 bits per heavy atom. The summed E-state index contributed by atoms with van der Waals surface area (Å²) in [5.41, 5.74) is 0.287. The van der Waals surface area contributed by atoms with Gasteiger partial charge in [-0.2, -0.15) is 0 Å². The maximum absolute atomic E-state index is 12.4. The lowest BCUT2D eigenvalue weighted by atomic mass is 10.1. The van der Waals surface area contributed by atoms with Crippen LogP contribution in [-0.2, 0) is 0 Å². The molecule has 2 amide bonds. The SMILES string of the molecule is CCCCCC(NC(=O)c1ccccc1O)NC(=O)c1ccccc1O. The van der Waals surface area contributed by atoms with Gasteiger partial charge in [0.15, 0.2) is 0 Å². The molecule has 0 saturated heterocycles. The van der Waals surface area contributed by atoms with Crippen LogP contribution in [0.25, 0.3) is 0 Å². The second kappa shape index (κ2) is 9.46. The Bertz CT molecular complexity index is 701. The highest BCUT2D eigenvalue weighted by Crippen LogP contribution is 2.17. The number of hydrogen-bond donors (Lipinski definition) is 4. The fourth-order valence-electron chi connectivity index (χ4n) is 2.58. The van der Waals surface area contributed by atoms with E-state index in [-0.39, 0.29) is 22.6 Å². The van der Waals surface area contributed by atoms with Gasteiger partial charge in [-0.1, -0.05) is 44.0 Å². The molecule has 0 aliphatic rings. The van der Waals surface area contributed by atoms with E-state index in [0.717, 1.165) is 19.3 Å². The number of amides is 2. The van der Waals surface area contributed by atoms with Gasteiger partial charge in [-0.05, 0) is 37.1 Å². The Balaban J connectivity index is 2.10. The van der Waals surface area contributed by atoms with Gasteiger partial charge in [0.05, 0.1) is 11.1 Å². The summed E-state index contributed by atoms with van der Waals surface area (Å²) >= 11 is 0. The summed E-state index contributed by atoms with van der Waals surface area (Å²) in [6.07, 6.45) is 2.74. The van der Waals surface area contributed by atoms with E-state index >= 15 is 0 Å². The molecule has 0 radical (unpaired) electrons. The number of unbranched alkanes of at least 4 members (excludes halogenated alkanes) is 2. The lowest BCUT2D eigenvalue weighted by Crippen LogP contribution is -2.48. The van der Waals surface area contributed by atoms with Gasteiger partial charge in [0, 0.05) is 0 Å². The van der Waals surface area contributed by atoms with E-state index in [1.807, 2.05) is 0 Å². The molecule has 0 saturated carbocycles. The minimum Gasteiger partial charge on any atom is -0.507 e. The average Bonchev–Trinajstić information content (AvgIpc) is 2.62. The first kappa shape index (κ1) is 19.3. The van der Waals surface area contributed by atoms with Crippen molar-refractivity contribution in [1.29, 1.82) is 0 Å². The molecular formula is C20H24N2O4. The first-order valence-corrected chi connectivity index (χ1v) is 8.70. The Hall–Kier alpha value is -3.02. The van der Waals surface area contributed by atoms with E-state index in [1.165, 1.54) is 24.3 Å². The van der Waals surface area contributed by atoms with E-state index in [1.54, 1.807) is 24.3 Å². The number of carbonyl (C=O) groups is 2. The molecule has 0 aromatic heterocycles. The summed E-state index contributed by atoms with van der Waals surface area (Å²) in [6, 6.07) is 12.5. The van der Waals surface area contributed by atoms with Crippen LogP contribution >= 0.6 is 0 Å². The van der Waals surface area contributed by atoms with Crippen LogP contribution in [0.3, 0.4) is 0 Å². The van der Waals surface area contributed by atoms with Crippen molar-refractivity contribution in [3.63, 3.8) is 0 Å². The first-order chi connectivity index (χ1) is 12.5. The molecule has 0 unspecified atom stereocenters. The maximum atomic E-state index is 12.4. The number of phenols is 2. The van der Waals surface area contributed by atoms with Crippen molar-refractivity contribution in [3.8, 4) is 11.5 Å². The predicted octanol–water partition coefficient (Wildman–Crippen LogP) is 3.16.